The van der Waals surface area contributed by atoms with Gasteiger partial charge in [0.05, 0.1) is 28.6 Å². The van der Waals surface area contributed by atoms with Gasteiger partial charge in [0.15, 0.2) is 11.5 Å². The summed E-state index contributed by atoms with van der Waals surface area (Å²) in [5.74, 6) is 0.759. The molecule has 0 saturated heterocycles. The van der Waals surface area contributed by atoms with Crippen LogP contribution in [0, 0.1) is 6.57 Å². The minimum atomic E-state index is 0.594. The van der Waals surface area contributed by atoms with Gasteiger partial charge >= 0.3 is 0 Å². The maximum Gasteiger partial charge on any atom is 0.187 e. The normalized spacial score (nSPS) is 11.4. The van der Waals surface area contributed by atoms with Gasteiger partial charge in [-0.25, -0.2) is 14.8 Å². The van der Waals surface area contributed by atoms with E-state index in [1.165, 1.54) is 22.1 Å². The van der Waals surface area contributed by atoms with Crippen molar-refractivity contribution >= 4 is 49.3 Å². The molecule has 0 aliphatic rings. The zero-order valence-electron chi connectivity index (χ0n) is 25.3. The summed E-state index contributed by atoms with van der Waals surface area (Å²) in [7, 11) is 0. The van der Waals surface area contributed by atoms with Crippen LogP contribution in [0.5, 0.6) is 0 Å². The molecule has 4 heteroatoms. The number of fused-ring (bicyclic) bond motifs is 5. The first kappa shape index (κ1) is 26.8. The standard InChI is InChI=1S/C43H26N4/c1-44-35-22-19-31(20-23-35)42-43(46-39-14-8-7-13-38(39)45-42)47-40-24-21-34(30-17-15-29(16-18-30)28-9-3-2-4-10-28)26-36(40)37-25-32-11-5-6-12-33(32)27-41(37)47/h2-27H. The average Bonchev–Trinajstić information content (AvgIpc) is 3.46. The van der Waals surface area contributed by atoms with Gasteiger partial charge in [0.25, 0.3) is 0 Å². The van der Waals surface area contributed by atoms with Crippen LogP contribution in [0.15, 0.2) is 158 Å². The lowest BCUT2D eigenvalue weighted by Gasteiger charge is -2.14. The second-order valence-electron chi connectivity index (χ2n) is 11.8. The van der Waals surface area contributed by atoms with E-state index in [2.05, 4.69) is 113 Å². The largest absolute Gasteiger partial charge is 0.292 e. The van der Waals surface area contributed by atoms with Gasteiger partial charge < -0.3 is 0 Å². The highest BCUT2D eigenvalue weighted by Crippen LogP contribution is 2.39. The SMILES string of the molecule is [C-]#[N+]c1ccc(-c2nc3ccccc3nc2-n2c3ccc(-c4ccc(-c5ccccc5)cc4)cc3c3cc4ccccc4cc32)cc1. The molecule has 0 aliphatic carbocycles. The van der Waals surface area contributed by atoms with E-state index in [1.54, 1.807) is 0 Å². The predicted molar refractivity (Wildman–Crippen MR) is 194 cm³/mol. The Morgan fingerprint density at radius 2 is 1.00 bits per heavy atom. The molecule has 0 unspecified atom stereocenters. The molecule has 0 saturated carbocycles. The molecule has 4 nitrogen and oxygen atoms in total. The molecule has 0 amide bonds. The molecule has 0 fully saturated rings. The molecule has 0 spiro atoms. The second kappa shape index (κ2) is 10.8. The maximum atomic E-state index is 7.45. The summed E-state index contributed by atoms with van der Waals surface area (Å²) < 4.78 is 2.26. The monoisotopic (exact) mass is 598 g/mol. The Hall–Kier alpha value is -6.57. The van der Waals surface area contributed by atoms with Gasteiger partial charge in [-0.1, -0.05) is 121 Å². The lowest BCUT2D eigenvalue weighted by Crippen LogP contribution is -2.03. The Bertz CT molecular complexity index is 2660. The quantitative estimate of drug-likeness (QED) is 0.189. The molecular formula is C43H26N4. The van der Waals surface area contributed by atoms with Crippen molar-refractivity contribution in [2.24, 2.45) is 0 Å². The molecule has 0 radical (unpaired) electrons. The van der Waals surface area contributed by atoms with Crippen LogP contribution in [0.2, 0.25) is 0 Å². The van der Waals surface area contributed by atoms with Crippen molar-refractivity contribution in [1.29, 1.82) is 0 Å². The second-order valence-corrected chi connectivity index (χ2v) is 11.8. The number of hydrogen-bond acceptors (Lipinski definition) is 2. The molecule has 0 N–H and O–H groups in total. The molecule has 2 heterocycles. The van der Waals surface area contributed by atoms with Crippen molar-refractivity contribution < 1.29 is 0 Å². The molecule has 2 aromatic heterocycles. The van der Waals surface area contributed by atoms with Crippen LogP contribution in [0.25, 0.3) is 87.8 Å². The summed E-state index contributed by atoms with van der Waals surface area (Å²) in [5, 5.41) is 4.67. The van der Waals surface area contributed by atoms with Crippen LogP contribution in [-0.2, 0) is 0 Å². The number of nitrogens with zero attached hydrogens (tertiary/aromatic N) is 4. The zero-order valence-corrected chi connectivity index (χ0v) is 25.3. The zero-order chi connectivity index (χ0) is 31.3. The summed E-state index contributed by atoms with van der Waals surface area (Å²) in [6.45, 7) is 7.45. The maximum absolute atomic E-state index is 7.45. The molecule has 9 rings (SSSR count). The highest BCUT2D eigenvalue weighted by atomic mass is 15.1. The van der Waals surface area contributed by atoms with Crippen LogP contribution >= 0.6 is 0 Å². The van der Waals surface area contributed by atoms with Gasteiger partial charge in [0.2, 0.25) is 0 Å². The Labute approximate surface area is 271 Å². The van der Waals surface area contributed by atoms with Gasteiger partial charge in [0.1, 0.15) is 5.69 Å². The fourth-order valence-electron chi connectivity index (χ4n) is 6.63. The number of para-hydroxylation sites is 2. The first-order valence-corrected chi connectivity index (χ1v) is 15.6. The molecule has 9 aromatic rings. The van der Waals surface area contributed by atoms with E-state index in [9.17, 15) is 0 Å². The van der Waals surface area contributed by atoms with E-state index < -0.39 is 0 Å². The average molecular weight is 599 g/mol. The van der Waals surface area contributed by atoms with Crippen molar-refractivity contribution in [2.45, 2.75) is 0 Å². The van der Waals surface area contributed by atoms with Crippen molar-refractivity contribution in [3.05, 3.63) is 169 Å². The first-order valence-electron chi connectivity index (χ1n) is 15.6. The highest BCUT2D eigenvalue weighted by molar-refractivity contribution is 6.14. The minimum Gasteiger partial charge on any atom is -0.292 e. The van der Waals surface area contributed by atoms with E-state index in [1.807, 2.05) is 54.6 Å². The molecule has 47 heavy (non-hydrogen) atoms. The first-order chi connectivity index (χ1) is 23.2. The lowest BCUT2D eigenvalue weighted by molar-refractivity contribution is 1.08. The number of aromatic nitrogens is 3. The van der Waals surface area contributed by atoms with Crippen LogP contribution in [-0.4, -0.2) is 14.5 Å². The Kier molecular flexibility index (Phi) is 6.16. The number of benzene rings is 7. The highest BCUT2D eigenvalue weighted by Gasteiger charge is 2.20. The summed E-state index contributed by atoms with van der Waals surface area (Å²) in [6, 6.07) is 54.7. The van der Waals surface area contributed by atoms with Gasteiger partial charge in [-0.05, 0) is 69.4 Å². The molecule has 0 bridgehead atoms. The number of hydrogen-bond donors (Lipinski definition) is 0. The van der Waals surface area contributed by atoms with Crippen molar-refractivity contribution in [1.82, 2.24) is 14.5 Å². The van der Waals surface area contributed by atoms with Gasteiger partial charge in [0, 0.05) is 16.3 Å². The topological polar surface area (TPSA) is 35.1 Å². The van der Waals surface area contributed by atoms with Crippen molar-refractivity contribution in [3.8, 4) is 39.3 Å². The molecule has 0 atom stereocenters. The smallest absolute Gasteiger partial charge is 0.187 e. The number of rotatable bonds is 4. The Morgan fingerprint density at radius 1 is 0.447 bits per heavy atom. The summed E-state index contributed by atoms with van der Waals surface area (Å²) in [6.07, 6.45) is 0. The molecule has 0 aliphatic heterocycles. The summed E-state index contributed by atoms with van der Waals surface area (Å²) in [4.78, 5) is 14.0. The fraction of sp³-hybridized carbons (Fsp3) is 0. The van der Waals surface area contributed by atoms with E-state index >= 15 is 0 Å². The van der Waals surface area contributed by atoms with Gasteiger partial charge in [-0.2, -0.15) is 0 Å². The van der Waals surface area contributed by atoms with Crippen LogP contribution < -0.4 is 0 Å². The van der Waals surface area contributed by atoms with Crippen molar-refractivity contribution in [2.75, 3.05) is 0 Å². The third-order valence-electron chi connectivity index (χ3n) is 8.99. The molecule has 218 valence electrons. The van der Waals surface area contributed by atoms with E-state index in [0.29, 0.717) is 5.69 Å². The van der Waals surface area contributed by atoms with Gasteiger partial charge in [-0.3, -0.25) is 4.57 Å². The predicted octanol–water partition coefficient (Wildman–Crippen LogP) is 11.4. The van der Waals surface area contributed by atoms with E-state index in [4.69, 9.17) is 16.5 Å². The lowest BCUT2D eigenvalue weighted by atomic mass is 9.99. The summed E-state index contributed by atoms with van der Waals surface area (Å²) in [5.41, 5.74) is 10.8. The minimum absolute atomic E-state index is 0.594. The van der Waals surface area contributed by atoms with E-state index in [-0.39, 0.29) is 0 Å². The van der Waals surface area contributed by atoms with E-state index in [0.717, 1.165) is 60.9 Å². The molecular weight excluding hydrogens is 573 g/mol. The third-order valence-corrected chi connectivity index (χ3v) is 8.99. The van der Waals surface area contributed by atoms with Gasteiger partial charge in [-0.15, -0.1) is 0 Å². The van der Waals surface area contributed by atoms with Crippen LogP contribution in [0.1, 0.15) is 0 Å². The Morgan fingerprint density at radius 3 is 1.72 bits per heavy atom. The molecule has 7 aromatic carbocycles. The third kappa shape index (κ3) is 4.53. The van der Waals surface area contributed by atoms with Crippen LogP contribution in [0.4, 0.5) is 5.69 Å². The summed E-state index contributed by atoms with van der Waals surface area (Å²) >= 11 is 0. The van der Waals surface area contributed by atoms with Crippen molar-refractivity contribution in [3.63, 3.8) is 0 Å². The Balaban J connectivity index is 1.31. The van der Waals surface area contributed by atoms with Crippen LogP contribution in [0.3, 0.4) is 0 Å². The fourth-order valence-corrected chi connectivity index (χ4v) is 6.63.